The quantitative estimate of drug-likeness (QED) is 0.496. The van der Waals surface area contributed by atoms with Crippen LogP contribution in [0.3, 0.4) is 0 Å². The first-order valence-electron chi connectivity index (χ1n) is 13.0. The molecule has 2 aliphatic carbocycles. The molecule has 4 amide bonds. The Morgan fingerprint density at radius 1 is 1.00 bits per heavy atom. The van der Waals surface area contributed by atoms with Crippen molar-refractivity contribution >= 4 is 29.3 Å². The number of amides is 4. The van der Waals surface area contributed by atoms with Crippen LogP contribution in [-0.2, 0) is 25.8 Å². The molecule has 2 aliphatic heterocycles. The number of nitrogens with zero attached hydrogens (tertiary/aromatic N) is 2. The van der Waals surface area contributed by atoms with Crippen molar-refractivity contribution in [3.05, 3.63) is 65.6 Å². The second-order valence-corrected chi connectivity index (χ2v) is 10.8. The van der Waals surface area contributed by atoms with Crippen molar-refractivity contribution < 1.29 is 28.7 Å². The van der Waals surface area contributed by atoms with Gasteiger partial charge < -0.3 is 9.52 Å². The van der Waals surface area contributed by atoms with Crippen molar-refractivity contribution in [2.24, 2.45) is 29.1 Å². The smallest absolute Gasteiger partial charge is 0.241 e. The number of likely N-dealkylation sites (tertiary alicyclic amines) is 1. The van der Waals surface area contributed by atoms with Crippen molar-refractivity contribution in [3.8, 4) is 0 Å². The molecule has 37 heavy (non-hydrogen) atoms. The summed E-state index contributed by atoms with van der Waals surface area (Å²) in [6, 6.07) is 12.3. The number of para-hydroxylation sites is 1. The topological polar surface area (TPSA) is 108 Å². The Balaban J connectivity index is 1.50. The van der Waals surface area contributed by atoms with E-state index in [1.807, 2.05) is 26.0 Å². The second kappa shape index (κ2) is 8.52. The Kier molecular flexibility index (Phi) is 5.49. The van der Waals surface area contributed by atoms with E-state index in [-0.39, 0.29) is 36.2 Å². The molecule has 0 bridgehead atoms. The average molecular weight is 503 g/mol. The van der Waals surface area contributed by atoms with Gasteiger partial charge in [0.1, 0.15) is 18.1 Å². The Labute approximate surface area is 214 Å². The summed E-state index contributed by atoms with van der Waals surface area (Å²) in [6.45, 7) is 3.85. The van der Waals surface area contributed by atoms with Crippen molar-refractivity contribution in [1.82, 2.24) is 4.90 Å². The molecule has 3 fully saturated rings. The number of carbonyl (C=O) groups excluding carboxylic acids is 4. The maximum atomic E-state index is 14.1. The van der Waals surface area contributed by atoms with Gasteiger partial charge in [-0.3, -0.25) is 24.1 Å². The first-order chi connectivity index (χ1) is 17.8. The van der Waals surface area contributed by atoms with Gasteiger partial charge in [0.2, 0.25) is 23.6 Å². The normalized spacial score (nSPS) is 32.9. The van der Waals surface area contributed by atoms with Gasteiger partial charge in [-0.15, -0.1) is 0 Å². The summed E-state index contributed by atoms with van der Waals surface area (Å²) in [4.78, 5) is 57.4. The lowest BCUT2D eigenvalue weighted by Crippen LogP contribution is -2.48. The molecule has 1 aromatic carbocycles. The van der Waals surface area contributed by atoms with E-state index in [1.54, 1.807) is 36.4 Å². The molecule has 6 atom stereocenters. The minimum atomic E-state index is -1.14. The lowest BCUT2D eigenvalue weighted by Gasteiger charge is -2.48. The Hall–Kier alpha value is -3.52. The van der Waals surface area contributed by atoms with Gasteiger partial charge in [-0.1, -0.05) is 36.8 Å². The molecular formula is C29H30N2O6. The third kappa shape index (κ3) is 3.18. The number of fused-ring (bicyclic) bond motifs is 4. The fourth-order valence-corrected chi connectivity index (χ4v) is 7.28. The van der Waals surface area contributed by atoms with E-state index in [9.17, 15) is 24.3 Å². The zero-order valence-electron chi connectivity index (χ0n) is 20.9. The van der Waals surface area contributed by atoms with E-state index in [4.69, 9.17) is 4.42 Å². The van der Waals surface area contributed by atoms with E-state index in [0.717, 1.165) is 5.57 Å². The van der Waals surface area contributed by atoms with Crippen molar-refractivity contribution in [2.75, 3.05) is 11.4 Å². The highest BCUT2D eigenvalue weighted by atomic mass is 16.4. The number of aliphatic hydroxyl groups is 1. The Morgan fingerprint density at radius 3 is 2.43 bits per heavy atom. The standard InChI is InChI=1S/C29H30N2O6/c1-3-13-30-25(33)19-11-10-18-20(23(19)27(30)35)14-21-26(34)31(16-7-5-4-6-8-16)28(36)29(21,2)24(18)22-12-9-17(15-32)37-22/h4-10,12,19-21,23-24,32H,3,11,13-15H2,1-2H3/t19-,20+,21-,23-,24+,29+/m0/s1. The lowest BCUT2D eigenvalue weighted by atomic mass is 9.52. The fourth-order valence-electron chi connectivity index (χ4n) is 7.28. The molecule has 2 aromatic rings. The van der Waals surface area contributed by atoms with Crippen LogP contribution in [-0.4, -0.2) is 40.2 Å². The van der Waals surface area contributed by atoms with Crippen LogP contribution >= 0.6 is 0 Å². The molecule has 2 saturated heterocycles. The van der Waals surface area contributed by atoms with Gasteiger partial charge in [-0.2, -0.15) is 0 Å². The molecule has 1 saturated carbocycles. The van der Waals surface area contributed by atoms with Crippen molar-refractivity contribution in [1.29, 1.82) is 0 Å². The molecule has 1 aromatic heterocycles. The van der Waals surface area contributed by atoms with E-state index in [0.29, 0.717) is 43.0 Å². The summed E-state index contributed by atoms with van der Waals surface area (Å²) in [5, 5.41) is 9.66. The van der Waals surface area contributed by atoms with Crippen LogP contribution in [0.1, 0.15) is 50.5 Å². The minimum Gasteiger partial charge on any atom is -0.463 e. The molecule has 1 N–H and O–H groups in total. The predicted molar refractivity (Wildman–Crippen MR) is 133 cm³/mol. The average Bonchev–Trinajstić information content (AvgIpc) is 3.53. The molecule has 6 rings (SSSR count). The van der Waals surface area contributed by atoms with E-state index in [1.165, 1.54) is 9.80 Å². The minimum absolute atomic E-state index is 0.141. The molecule has 8 heteroatoms. The fraction of sp³-hybridized carbons (Fsp3) is 0.448. The number of carbonyl (C=O) groups is 4. The third-order valence-corrected chi connectivity index (χ3v) is 8.95. The van der Waals surface area contributed by atoms with Gasteiger partial charge in [0.15, 0.2) is 0 Å². The lowest BCUT2D eigenvalue weighted by molar-refractivity contribution is -0.140. The van der Waals surface area contributed by atoms with E-state index < -0.39 is 29.1 Å². The van der Waals surface area contributed by atoms with Crippen LogP contribution in [0.15, 0.2) is 58.5 Å². The van der Waals surface area contributed by atoms with E-state index in [2.05, 4.69) is 0 Å². The summed E-state index contributed by atoms with van der Waals surface area (Å²) < 4.78 is 6.00. The van der Waals surface area contributed by atoms with Gasteiger partial charge in [-0.05, 0) is 56.4 Å². The van der Waals surface area contributed by atoms with Crippen LogP contribution in [0, 0.1) is 29.1 Å². The maximum absolute atomic E-state index is 14.1. The zero-order valence-corrected chi connectivity index (χ0v) is 20.9. The van der Waals surface area contributed by atoms with Gasteiger partial charge in [-0.25, -0.2) is 4.90 Å². The highest BCUT2D eigenvalue weighted by molar-refractivity contribution is 6.24. The number of rotatable bonds is 5. The number of furan rings is 1. The number of imide groups is 2. The number of hydrogen-bond acceptors (Lipinski definition) is 6. The number of benzene rings is 1. The van der Waals surface area contributed by atoms with Crippen LogP contribution in [0.25, 0.3) is 0 Å². The van der Waals surface area contributed by atoms with Crippen molar-refractivity contribution in [3.63, 3.8) is 0 Å². The highest BCUT2D eigenvalue weighted by Gasteiger charge is 2.68. The number of allylic oxidation sites excluding steroid dienone is 2. The Morgan fingerprint density at radius 2 is 1.76 bits per heavy atom. The summed E-state index contributed by atoms with van der Waals surface area (Å²) >= 11 is 0. The van der Waals surface area contributed by atoms with Crippen LogP contribution in [0.2, 0.25) is 0 Å². The monoisotopic (exact) mass is 502 g/mol. The summed E-state index contributed by atoms with van der Waals surface area (Å²) in [5.41, 5.74) is 0.259. The van der Waals surface area contributed by atoms with E-state index >= 15 is 0 Å². The van der Waals surface area contributed by atoms with Crippen molar-refractivity contribution in [2.45, 2.75) is 45.6 Å². The molecule has 8 nitrogen and oxygen atoms in total. The molecule has 0 unspecified atom stereocenters. The first kappa shape index (κ1) is 23.9. The van der Waals surface area contributed by atoms with Crippen LogP contribution in [0.5, 0.6) is 0 Å². The first-order valence-corrected chi connectivity index (χ1v) is 13.0. The van der Waals surface area contributed by atoms with Crippen LogP contribution in [0.4, 0.5) is 5.69 Å². The molecule has 0 spiro atoms. The summed E-state index contributed by atoms with van der Waals surface area (Å²) in [5.74, 6) is -2.68. The SMILES string of the molecule is CCCN1C(=O)[C@H]2[C@H](CC=C3[C@H]2C[C@H]2C(=O)N(c4ccccc4)C(=O)[C@@]2(C)[C@H]3c2ccc(CO)o2)C1=O. The Bertz CT molecular complexity index is 1330. The maximum Gasteiger partial charge on any atom is 0.241 e. The van der Waals surface area contributed by atoms with Crippen LogP contribution < -0.4 is 4.90 Å². The summed E-state index contributed by atoms with van der Waals surface area (Å²) in [6.07, 6.45) is 3.42. The zero-order chi connectivity index (χ0) is 26.1. The van der Waals surface area contributed by atoms with Gasteiger partial charge in [0, 0.05) is 6.54 Å². The number of anilines is 1. The molecule has 4 aliphatic rings. The highest BCUT2D eigenvalue weighted by Crippen LogP contribution is 2.63. The van der Waals surface area contributed by atoms with Gasteiger partial charge >= 0.3 is 0 Å². The number of aliphatic hydroxyl groups excluding tert-OH is 1. The third-order valence-electron chi connectivity index (χ3n) is 8.95. The van der Waals surface area contributed by atoms with Gasteiger partial charge in [0.25, 0.3) is 0 Å². The summed E-state index contributed by atoms with van der Waals surface area (Å²) in [7, 11) is 0. The molecule has 3 heterocycles. The molecule has 192 valence electrons. The number of hydrogen-bond donors (Lipinski definition) is 1. The van der Waals surface area contributed by atoms with Gasteiger partial charge in [0.05, 0.1) is 34.8 Å². The predicted octanol–water partition coefficient (Wildman–Crippen LogP) is 3.41. The largest absolute Gasteiger partial charge is 0.463 e. The second-order valence-electron chi connectivity index (χ2n) is 10.8. The molecular weight excluding hydrogens is 472 g/mol. The molecule has 0 radical (unpaired) electrons.